The van der Waals surface area contributed by atoms with Crippen LogP contribution in [-0.2, 0) is 49.9 Å². The summed E-state index contributed by atoms with van der Waals surface area (Å²) in [5.41, 5.74) is 8.31. The lowest BCUT2D eigenvalue weighted by atomic mass is 9.92. The molecular weight excluding hydrogens is 819 g/mol. The van der Waals surface area contributed by atoms with E-state index >= 15 is 0 Å². The fourth-order valence-corrected chi connectivity index (χ4v) is 8.67. The van der Waals surface area contributed by atoms with Crippen LogP contribution < -0.4 is 15.4 Å². The molecule has 65 heavy (non-hydrogen) atoms. The van der Waals surface area contributed by atoms with E-state index in [0.29, 0.717) is 31.7 Å². The number of ether oxygens (including phenoxy) is 3. The smallest absolute Gasteiger partial charge is 0.407 e. The molecule has 0 aromatic heterocycles. The number of rotatable bonds is 21. The van der Waals surface area contributed by atoms with Crippen LogP contribution in [0.1, 0.15) is 65.0 Å². The lowest BCUT2D eigenvalue weighted by Crippen LogP contribution is -2.49. The van der Waals surface area contributed by atoms with Gasteiger partial charge in [0.1, 0.15) is 31.6 Å². The van der Waals surface area contributed by atoms with Gasteiger partial charge < -0.3 is 34.9 Å². The van der Waals surface area contributed by atoms with Crippen LogP contribution >= 0.6 is 0 Å². The van der Waals surface area contributed by atoms with Crippen molar-refractivity contribution in [2.75, 3.05) is 19.8 Å². The van der Waals surface area contributed by atoms with E-state index in [-0.39, 0.29) is 57.3 Å². The molecule has 1 aliphatic heterocycles. The maximum absolute atomic E-state index is 14.2. The number of nitrogens with one attached hydrogen (secondary N) is 2. The van der Waals surface area contributed by atoms with Gasteiger partial charge in [0.2, 0.25) is 11.8 Å². The van der Waals surface area contributed by atoms with Gasteiger partial charge in [-0.2, -0.15) is 0 Å². The summed E-state index contributed by atoms with van der Waals surface area (Å²) in [6.45, 7) is 8.04. The van der Waals surface area contributed by atoms with Crippen LogP contribution in [0.25, 0.3) is 11.1 Å². The Morgan fingerprint density at radius 2 is 1.42 bits per heavy atom. The Labute approximate surface area is 381 Å². The van der Waals surface area contributed by atoms with Gasteiger partial charge in [-0.3, -0.25) is 9.59 Å². The summed E-state index contributed by atoms with van der Waals surface area (Å²) in [6, 6.07) is 39.1. The van der Waals surface area contributed by atoms with Crippen LogP contribution in [0.4, 0.5) is 4.79 Å². The Morgan fingerprint density at radius 3 is 2.09 bits per heavy atom. The van der Waals surface area contributed by atoms with E-state index in [1.165, 1.54) is 0 Å². The molecule has 0 spiro atoms. The minimum Gasteiger partial charge on any atom is -0.489 e. The second kappa shape index (κ2) is 22.6. The maximum atomic E-state index is 14.2. The molecule has 4 unspecified atom stereocenters. The Kier molecular flexibility index (Phi) is 16.0. The molecule has 7 rings (SSSR count). The molecule has 0 fully saturated rings. The van der Waals surface area contributed by atoms with Crippen molar-refractivity contribution in [2.45, 2.75) is 75.7 Å². The molecule has 0 saturated carbocycles. The number of aliphatic hydroxyl groups excluding tert-OH is 1. The Hall–Kier alpha value is -6.98. The summed E-state index contributed by atoms with van der Waals surface area (Å²) < 4.78 is 17.6. The van der Waals surface area contributed by atoms with Gasteiger partial charge in [-0.25, -0.2) is 9.59 Å². The van der Waals surface area contributed by atoms with Crippen molar-refractivity contribution in [1.29, 1.82) is 0 Å². The molecule has 1 aliphatic carbocycles. The standard InChI is InChI=1S/C54H57N3O8/c1-3-5-24-50(56-54(62)65-36-49-47-22-13-11-20-45(47)46-21-12-14-23-48(46)49)53(61)64-35-42(29-37-25-27-44(28-26-37)63-34-38-16-7-6-8-17-38)55-52(60)40(15-4-2)31-51(59)57-32-41-19-10-9-18-39(41)30-43(57)33-58/h3-4,6-14,16-23,25-28,40,42-43,49-50,58H,1-2,5,15,24,29-36H2,(H,55,60)(H,56,62). The molecule has 11 nitrogen and oxygen atoms in total. The zero-order valence-electron chi connectivity index (χ0n) is 36.6. The quantitative estimate of drug-likeness (QED) is 0.0495. The topological polar surface area (TPSA) is 144 Å². The molecule has 0 bridgehead atoms. The number of nitrogens with zero attached hydrogens (tertiary/aromatic N) is 1. The molecule has 5 aromatic rings. The molecule has 4 atom stereocenters. The van der Waals surface area contributed by atoms with Crippen molar-refractivity contribution < 1.29 is 38.5 Å². The molecule has 11 heteroatoms. The highest BCUT2D eigenvalue weighted by Crippen LogP contribution is 2.44. The van der Waals surface area contributed by atoms with Crippen LogP contribution in [0.5, 0.6) is 5.75 Å². The maximum Gasteiger partial charge on any atom is 0.407 e. The van der Waals surface area contributed by atoms with E-state index < -0.39 is 42.0 Å². The highest BCUT2D eigenvalue weighted by molar-refractivity contribution is 5.87. The third-order valence-electron chi connectivity index (χ3n) is 12.1. The van der Waals surface area contributed by atoms with Crippen LogP contribution in [0.2, 0.25) is 0 Å². The second-order valence-corrected chi connectivity index (χ2v) is 16.6. The van der Waals surface area contributed by atoms with Gasteiger partial charge in [-0.15, -0.1) is 13.2 Å². The van der Waals surface area contributed by atoms with E-state index in [9.17, 15) is 24.3 Å². The lowest BCUT2D eigenvalue weighted by molar-refractivity contribution is -0.147. The van der Waals surface area contributed by atoms with Gasteiger partial charge in [-0.05, 0) is 88.7 Å². The first-order valence-electron chi connectivity index (χ1n) is 22.3. The van der Waals surface area contributed by atoms with Gasteiger partial charge in [-0.1, -0.05) is 127 Å². The first kappa shape index (κ1) is 46.0. The second-order valence-electron chi connectivity index (χ2n) is 16.6. The van der Waals surface area contributed by atoms with E-state index in [4.69, 9.17) is 14.2 Å². The third-order valence-corrected chi connectivity index (χ3v) is 12.1. The number of fused-ring (bicyclic) bond motifs is 4. The van der Waals surface area contributed by atoms with E-state index in [1.54, 1.807) is 17.1 Å². The summed E-state index contributed by atoms with van der Waals surface area (Å²) in [5.74, 6) is -1.62. The van der Waals surface area contributed by atoms with E-state index in [1.807, 2.05) is 115 Å². The van der Waals surface area contributed by atoms with Crippen LogP contribution in [0.15, 0.2) is 153 Å². The molecular formula is C54H57N3O8. The van der Waals surface area contributed by atoms with Crippen LogP contribution in [0.3, 0.4) is 0 Å². The van der Waals surface area contributed by atoms with Gasteiger partial charge in [0.15, 0.2) is 0 Å². The molecule has 1 heterocycles. The zero-order chi connectivity index (χ0) is 45.5. The molecule has 3 N–H and O–H groups in total. The van der Waals surface area contributed by atoms with Crippen molar-refractivity contribution in [1.82, 2.24) is 15.5 Å². The number of esters is 1. The third kappa shape index (κ3) is 12.0. The van der Waals surface area contributed by atoms with Crippen molar-refractivity contribution >= 4 is 23.9 Å². The number of hydrogen-bond acceptors (Lipinski definition) is 8. The average molecular weight is 876 g/mol. The monoisotopic (exact) mass is 875 g/mol. The van der Waals surface area contributed by atoms with Gasteiger partial charge in [0.25, 0.3) is 0 Å². The van der Waals surface area contributed by atoms with Gasteiger partial charge >= 0.3 is 12.1 Å². The minimum absolute atomic E-state index is 0.0767. The number of alkyl carbamates (subject to hydrolysis) is 1. The molecule has 5 aromatic carbocycles. The Bertz CT molecular complexity index is 2390. The van der Waals surface area contributed by atoms with E-state index in [0.717, 1.165) is 44.5 Å². The van der Waals surface area contributed by atoms with Crippen LogP contribution in [0, 0.1) is 5.92 Å². The van der Waals surface area contributed by atoms with Gasteiger partial charge in [0, 0.05) is 18.9 Å². The van der Waals surface area contributed by atoms with Crippen molar-refractivity contribution in [3.05, 3.63) is 186 Å². The first-order valence-corrected chi connectivity index (χ1v) is 22.3. The predicted octanol–water partition coefficient (Wildman–Crippen LogP) is 8.24. The van der Waals surface area contributed by atoms with Gasteiger partial charge in [0.05, 0.1) is 24.6 Å². The molecule has 2 aliphatic rings. The van der Waals surface area contributed by atoms with E-state index in [2.05, 4.69) is 35.9 Å². The summed E-state index contributed by atoms with van der Waals surface area (Å²) in [4.78, 5) is 56.8. The largest absolute Gasteiger partial charge is 0.489 e. The highest BCUT2D eigenvalue weighted by atomic mass is 16.6. The average Bonchev–Trinajstić information content (AvgIpc) is 3.66. The zero-order valence-corrected chi connectivity index (χ0v) is 36.6. The highest BCUT2D eigenvalue weighted by Gasteiger charge is 2.34. The van der Waals surface area contributed by atoms with Crippen molar-refractivity contribution in [3.8, 4) is 16.9 Å². The van der Waals surface area contributed by atoms with Crippen LogP contribution in [-0.4, -0.2) is 71.8 Å². The minimum atomic E-state index is -1.05. The van der Waals surface area contributed by atoms with Crippen molar-refractivity contribution in [3.63, 3.8) is 0 Å². The number of allylic oxidation sites excluding steroid dienone is 2. The summed E-state index contributed by atoms with van der Waals surface area (Å²) in [6.07, 6.45) is 4.05. The van der Waals surface area contributed by atoms with Crippen molar-refractivity contribution in [2.24, 2.45) is 5.92 Å². The first-order chi connectivity index (χ1) is 31.7. The Morgan fingerprint density at radius 1 is 0.754 bits per heavy atom. The summed E-state index contributed by atoms with van der Waals surface area (Å²) in [7, 11) is 0. The number of benzene rings is 5. The SMILES string of the molecule is C=CCCC(NC(=O)OCC1c2ccccc2-c2ccccc21)C(=O)OCC(Cc1ccc(OCc2ccccc2)cc1)NC(=O)C(CC=C)CC(=O)N1Cc2ccccc2CC1CO. The Balaban J connectivity index is 1.02. The number of hydrogen-bond donors (Lipinski definition) is 3. The number of aliphatic hydroxyl groups is 1. The fourth-order valence-electron chi connectivity index (χ4n) is 8.67. The normalized spacial score (nSPS) is 15.2. The molecule has 0 saturated heterocycles. The molecule has 0 radical (unpaired) electrons. The summed E-state index contributed by atoms with van der Waals surface area (Å²) >= 11 is 0. The number of amides is 3. The molecule has 3 amide bonds. The molecule has 336 valence electrons. The predicted molar refractivity (Wildman–Crippen MR) is 250 cm³/mol. The lowest BCUT2D eigenvalue weighted by Gasteiger charge is -2.36. The number of carbonyl (C=O) groups excluding carboxylic acids is 4. The summed E-state index contributed by atoms with van der Waals surface area (Å²) in [5, 5.41) is 16.0. The number of carbonyl (C=O) groups is 4. The fraction of sp³-hybridized carbons (Fsp3) is 0.296.